The lowest BCUT2D eigenvalue weighted by Crippen LogP contribution is -2.38. The van der Waals surface area contributed by atoms with Gasteiger partial charge in [0.15, 0.2) is 0 Å². The molecular weight excluding hydrogens is 330 g/mol. The van der Waals surface area contributed by atoms with Crippen molar-refractivity contribution in [1.29, 1.82) is 0 Å². The lowest BCUT2D eigenvalue weighted by molar-refractivity contribution is 0.107. The zero-order valence-corrected chi connectivity index (χ0v) is 15.0. The maximum absolute atomic E-state index is 12.5. The summed E-state index contributed by atoms with van der Waals surface area (Å²) in [4.78, 5) is 19.5. The molecule has 4 heterocycles. The molecule has 1 unspecified atom stereocenters. The van der Waals surface area contributed by atoms with Gasteiger partial charge >= 0.3 is 0 Å². The molecule has 26 heavy (non-hydrogen) atoms. The van der Waals surface area contributed by atoms with Crippen LogP contribution < -0.4 is 5.56 Å². The van der Waals surface area contributed by atoms with Gasteiger partial charge in [-0.2, -0.15) is 5.10 Å². The van der Waals surface area contributed by atoms with Crippen molar-refractivity contribution < 1.29 is 4.74 Å². The Morgan fingerprint density at radius 2 is 2.19 bits per heavy atom. The lowest BCUT2D eigenvalue weighted by atomic mass is 10.1. The highest BCUT2D eigenvalue weighted by Crippen LogP contribution is 2.36. The summed E-state index contributed by atoms with van der Waals surface area (Å²) in [5, 5.41) is 4.64. The smallest absolute Gasteiger partial charge is 0.267 e. The molecule has 2 aromatic rings. The van der Waals surface area contributed by atoms with E-state index < -0.39 is 0 Å². The fourth-order valence-corrected chi connectivity index (χ4v) is 4.23. The average molecular weight is 355 g/mol. The van der Waals surface area contributed by atoms with Gasteiger partial charge in [-0.25, -0.2) is 9.67 Å². The quantitative estimate of drug-likeness (QED) is 0.813. The molecule has 1 aliphatic carbocycles. The van der Waals surface area contributed by atoms with Crippen LogP contribution in [0.1, 0.15) is 48.8 Å². The highest BCUT2D eigenvalue weighted by Gasteiger charge is 2.30. The first-order valence-electron chi connectivity index (χ1n) is 9.71. The molecule has 0 radical (unpaired) electrons. The normalized spacial score (nSPS) is 23.3. The molecule has 0 spiro atoms. The summed E-state index contributed by atoms with van der Waals surface area (Å²) < 4.78 is 9.43. The second-order valence-corrected chi connectivity index (χ2v) is 7.69. The molecule has 1 atom stereocenters. The highest BCUT2D eigenvalue weighted by atomic mass is 16.5. The molecule has 1 saturated carbocycles. The SMILES string of the molecule is O=c1cc2c(nn1CC1CCCN1Cc1nccn1C1CC1)CCOC2. The fourth-order valence-electron chi connectivity index (χ4n) is 4.23. The van der Waals surface area contributed by atoms with Crippen LogP contribution in [0.25, 0.3) is 0 Å². The van der Waals surface area contributed by atoms with Crippen LogP contribution in [-0.4, -0.2) is 43.4 Å². The Morgan fingerprint density at radius 3 is 3.08 bits per heavy atom. The van der Waals surface area contributed by atoms with Crippen molar-refractivity contribution in [2.45, 2.75) is 63.9 Å². The first-order valence-corrected chi connectivity index (χ1v) is 9.71. The largest absolute Gasteiger partial charge is 0.376 e. The minimum absolute atomic E-state index is 0.0134. The second kappa shape index (κ2) is 6.63. The second-order valence-electron chi connectivity index (χ2n) is 7.69. The summed E-state index contributed by atoms with van der Waals surface area (Å²) in [6.07, 6.45) is 9.63. The summed E-state index contributed by atoms with van der Waals surface area (Å²) in [5.41, 5.74) is 1.96. The van der Waals surface area contributed by atoms with Gasteiger partial charge in [0.2, 0.25) is 0 Å². The van der Waals surface area contributed by atoms with Crippen molar-refractivity contribution in [2.75, 3.05) is 13.2 Å². The number of likely N-dealkylation sites (tertiary alicyclic amines) is 1. The van der Waals surface area contributed by atoms with Crippen LogP contribution in [0.3, 0.4) is 0 Å². The van der Waals surface area contributed by atoms with Gasteiger partial charge in [-0.15, -0.1) is 0 Å². The van der Waals surface area contributed by atoms with Gasteiger partial charge in [0, 0.05) is 42.5 Å². The van der Waals surface area contributed by atoms with Crippen LogP contribution in [0.4, 0.5) is 0 Å². The van der Waals surface area contributed by atoms with Crippen LogP contribution in [0.15, 0.2) is 23.3 Å². The number of fused-ring (bicyclic) bond motifs is 1. The number of ether oxygens (including phenoxy) is 1. The molecule has 3 aliphatic rings. The number of rotatable bonds is 5. The molecule has 0 amide bonds. The first kappa shape index (κ1) is 16.2. The Bertz CT molecular complexity index is 854. The zero-order chi connectivity index (χ0) is 17.5. The van der Waals surface area contributed by atoms with Gasteiger partial charge in [0.1, 0.15) is 5.82 Å². The first-order chi connectivity index (χ1) is 12.8. The van der Waals surface area contributed by atoms with Crippen molar-refractivity contribution in [3.63, 3.8) is 0 Å². The molecule has 2 aliphatic heterocycles. The Hall–Kier alpha value is -1.99. The predicted molar refractivity (Wildman–Crippen MR) is 95.8 cm³/mol. The predicted octanol–water partition coefficient (Wildman–Crippen LogP) is 1.51. The summed E-state index contributed by atoms with van der Waals surface area (Å²) in [6, 6.07) is 2.71. The van der Waals surface area contributed by atoms with E-state index in [4.69, 9.17) is 4.74 Å². The highest BCUT2D eigenvalue weighted by molar-refractivity contribution is 5.18. The minimum atomic E-state index is -0.0134. The Kier molecular flexibility index (Phi) is 4.13. The summed E-state index contributed by atoms with van der Waals surface area (Å²) in [7, 11) is 0. The third-order valence-electron chi connectivity index (χ3n) is 5.82. The Morgan fingerprint density at radius 1 is 1.27 bits per heavy atom. The molecule has 7 heteroatoms. The van der Waals surface area contributed by atoms with E-state index in [2.05, 4.69) is 25.7 Å². The van der Waals surface area contributed by atoms with E-state index in [0.29, 0.717) is 31.8 Å². The third kappa shape index (κ3) is 3.10. The zero-order valence-electron chi connectivity index (χ0n) is 15.0. The van der Waals surface area contributed by atoms with E-state index in [0.717, 1.165) is 43.0 Å². The Balaban J connectivity index is 1.33. The minimum Gasteiger partial charge on any atom is -0.376 e. The number of imidazole rings is 1. The van der Waals surface area contributed by atoms with Gasteiger partial charge in [-0.05, 0) is 32.2 Å². The number of aromatic nitrogens is 4. The number of hydrogen-bond acceptors (Lipinski definition) is 5. The van der Waals surface area contributed by atoms with Gasteiger partial charge in [0.05, 0.1) is 32.0 Å². The molecule has 2 fully saturated rings. The van der Waals surface area contributed by atoms with Crippen LogP contribution in [0.2, 0.25) is 0 Å². The van der Waals surface area contributed by atoms with E-state index in [1.54, 1.807) is 10.7 Å². The molecule has 2 aromatic heterocycles. The van der Waals surface area contributed by atoms with E-state index in [1.807, 2.05) is 6.20 Å². The lowest BCUT2D eigenvalue weighted by Gasteiger charge is -2.25. The van der Waals surface area contributed by atoms with Crippen LogP contribution in [0, 0.1) is 0 Å². The van der Waals surface area contributed by atoms with Crippen molar-refractivity contribution in [1.82, 2.24) is 24.2 Å². The third-order valence-corrected chi connectivity index (χ3v) is 5.82. The maximum Gasteiger partial charge on any atom is 0.267 e. The number of nitrogens with zero attached hydrogens (tertiary/aromatic N) is 5. The molecule has 0 aromatic carbocycles. The van der Waals surface area contributed by atoms with Crippen molar-refractivity contribution in [3.8, 4) is 0 Å². The standard InChI is InChI=1S/C19H25N5O2/c25-19-10-14-13-26-9-5-17(14)21-24(19)11-16-2-1-7-22(16)12-18-20-6-8-23(18)15-3-4-15/h6,8,10,15-16H,1-5,7,9,11-13H2. The molecule has 7 nitrogen and oxygen atoms in total. The molecule has 138 valence electrons. The van der Waals surface area contributed by atoms with E-state index in [9.17, 15) is 4.79 Å². The van der Waals surface area contributed by atoms with Crippen molar-refractivity contribution >= 4 is 0 Å². The average Bonchev–Trinajstić information content (AvgIpc) is 3.23. The molecule has 0 N–H and O–H groups in total. The van der Waals surface area contributed by atoms with E-state index in [1.165, 1.54) is 19.3 Å². The number of hydrogen-bond donors (Lipinski definition) is 0. The topological polar surface area (TPSA) is 65.2 Å². The van der Waals surface area contributed by atoms with Gasteiger partial charge < -0.3 is 9.30 Å². The molecular formula is C19H25N5O2. The molecule has 0 bridgehead atoms. The van der Waals surface area contributed by atoms with Crippen LogP contribution in [-0.2, 0) is 30.9 Å². The summed E-state index contributed by atoms with van der Waals surface area (Å²) in [5.74, 6) is 1.15. The van der Waals surface area contributed by atoms with E-state index >= 15 is 0 Å². The van der Waals surface area contributed by atoms with E-state index in [-0.39, 0.29) is 5.56 Å². The van der Waals surface area contributed by atoms with Crippen molar-refractivity contribution in [3.05, 3.63) is 45.9 Å². The molecule has 5 rings (SSSR count). The monoisotopic (exact) mass is 355 g/mol. The molecule has 1 saturated heterocycles. The van der Waals surface area contributed by atoms with Crippen LogP contribution in [0.5, 0.6) is 0 Å². The summed E-state index contributed by atoms with van der Waals surface area (Å²) in [6.45, 7) is 3.80. The van der Waals surface area contributed by atoms with Crippen LogP contribution >= 0.6 is 0 Å². The fraction of sp³-hybridized carbons (Fsp3) is 0.632. The summed E-state index contributed by atoms with van der Waals surface area (Å²) >= 11 is 0. The Labute approximate surface area is 152 Å². The van der Waals surface area contributed by atoms with Gasteiger partial charge in [-0.3, -0.25) is 9.69 Å². The van der Waals surface area contributed by atoms with Gasteiger partial charge in [0.25, 0.3) is 5.56 Å². The maximum atomic E-state index is 12.5. The van der Waals surface area contributed by atoms with Gasteiger partial charge in [-0.1, -0.05) is 0 Å². The van der Waals surface area contributed by atoms with Crippen molar-refractivity contribution in [2.24, 2.45) is 0 Å².